The topological polar surface area (TPSA) is 56.6 Å². The van der Waals surface area contributed by atoms with Gasteiger partial charge in [0.25, 0.3) is 0 Å². The molecule has 0 fully saturated rings. The molecule has 0 saturated carbocycles. The van der Waals surface area contributed by atoms with Gasteiger partial charge >= 0.3 is 0 Å². The number of rotatable bonds is 5. The normalized spacial score (nSPS) is 12.3. The summed E-state index contributed by atoms with van der Waals surface area (Å²) >= 11 is 5.98. The standard InChI is InChI=1S/C22H22ClN3O3/c1-14-19(15(2)26(24-14)18-7-5-17(23)6-8-18)11-22(27)25(3)12-16-4-9-20-21(10-16)29-13-28-20/h4-10H,11-13H2,1-3H3. The summed E-state index contributed by atoms with van der Waals surface area (Å²) in [5.74, 6) is 1.49. The number of likely N-dealkylation sites (N-methyl/N-ethyl adjacent to an activating group) is 1. The van der Waals surface area contributed by atoms with Crippen LogP contribution in [0.3, 0.4) is 0 Å². The highest BCUT2D eigenvalue weighted by Crippen LogP contribution is 2.32. The summed E-state index contributed by atoms with van der Waals surface area (Å²) in [5, 5.41) is 5.29. The molecule has 1 aliphatic heterocycles. The van der Waals surface area contributed by atoms with Gasteiger partial charge in [0, 0.05) is 29.9 Å². The van der Waals surface area contributed by atoms with E-state index in [9.17, 15) is 4.79 Å². The van der Waals surface area contributed by atoms with Crippen LogP contribution in [0.5, 0.6) is 11.5 Å². The van der Waals surface area contributed by atoms with E-state index in [4.69, 9.17) is 21.1 Å². The van der Waals surface area contributed by atoms with Crippen molar-refractivity contribution in [2.75, 3.05) is 13.8 Å². The van der Waals surface area contributed by atoms with Crippen molar-refractivity contribution in [2.45, 2.75) is 26.8 Å². The van der Waals surface area contributed by atoms with Gasteiger partial charge in [-0.3, -0.25) is 4.79 Å². The number of halogens is 1. The van der Waals surface area contributed by atoms with Crippen LogP contribution >= 0.6 is 11.6 Å². The maximum Gasteiger partial charge on any atom is 0.231 e. The van der Waals surface area contributed by atoms with Crippen molar-refractivity contribution in [3.05, 3.63) is 70.0 Å². The summed E-state index contributed by atoms with van der Waals surface area (Å²) in [6, 6.07) is 13.2. The third-order valence-corrected chi connectivity index (χ3v) is 5.37. The number of carbonyl (C=O) groups is 1. The highest BCUT2D eigenvalue weighted by Gasteiger charge is 2.19. The number of fused-ring (bicyclic) bond motifs is 1. The first-order valence-electron chi connectivity index (χ1n) is 9.36. The molecule has 0 saturated heterocycles. The molecule has 0 radical (unpaired) electrons. The smallest absolute Gasteiger partial charge is 0.231 e. The molecule has 0 unspecified atom stereocenters. The molecule has 2 heterocycles. The molecule has 0 spiro atoms. The van der Waals surface area contributed by atoms with Crippen LogP contribution < -0.4 is 9.47 Å². The van der Waals surface area contributed by atoms with Crippen LogP contribution in [0, 0.1) is 13.8 Å². The lowest BCUT2D eigenvalue weighted by Gasteiger charge is -2.18. The second-order valence-corrected chi connectivity index (χ2v) is 7.59. The Morgan fingerprint density at radius 2 is 1.86 bits per heavy atom. The van der Waals surface area contributed by atoms with Crippen LogP contribution in [-0.2, 0) is 17.8 Å². The molecule has 2 aromatic carbocycles. The zero-order valence-corrected chi connectivity index (χ0v) is 17.4. The summed E-state index contributed by atoms with van der Waals surface area (Å²) in [7, 11) is 1.81. The number of aromatic nitrogens is 2. The van der Waals surface area contributed by atoms with Gasteiger partial charge in [-0.25, -0.2) is 4.68 Å². The molecule has 1 aliphatic rings. The molecule has 0 aliphatic carbocycles. The van der Waals surface area contributed by atoms with Gasteiger partial charge < -0.3 is 14.4 Å². The number of hydrogen-bond acceptors (Lipinski definition) is 4. The van der Waals surface area contributed by atoms with Crippen LogP contribution in [0.25, 0.3) is 5.69 Å². The van der Waals surface area contributed by atoms with Gasteiger partial charge in [0.05, 0.1) is 17.8 Å². The van der Waals surface area contributed by atoms with Crippen LogP contribution in [0.2, 0.25) is 5.02 Å². The number of nitrogens with zero attached hydrogens (tertiary/aromatic N) is 3. The molecule has 4 rings (SSSR count). The minimum Gasteiger partial charge on any atom is -0.454 e. The summed E-state index contributed by atoms with van der Waals surface area (Å²) in [4.78, 5) is 14.6. The number of ether oxygens (including phenoxy) is 2. The van der Waals surface area contributed by atoms with Gasteiger partial charge in [0.15, 0.2) is 11.5 Å². The van der Waals surface area contributed by atoms with Gasteiger partial charge in [0.1, 0.15) is 0 Å². The minimum atomic E-state index is 0.0320. The van der Waals surface area contributed by atoms with Crippen LogP contribution in [-0.4, -0.2) is 34.4 Å². The summed E-state index contributed by atoms with van der Waals surface area (Å²) < 4.78 is 12.6. The Bertz CT molecular complexity index is 1060. The second kappa shape index (κ2) is 7.79. The Morgan fingerprint density at radius 1 is 1.14 bits per heavy atom. The number of amides is 1. The third kappa shape index (κ3) is 3.93. The van der Waals surface area contributed by atoms with Gasteiger partial charge in [-0.05, 0) is 55.8 Å². The van der Waals surface area contributed by atoms with E-state index in [0.717, 1.165) is 39.7 Å². The quantitative estimate of drug-likeness (QED) is 0.635. The van der Waals surface area contributed by atoms with E-state index in [1.165, 1.54) is 0 Å². The zero-order valence-electron chi connectivity index (χ0n) is 16.6. The third-order valence-electron chi connectivity index (χ3n) is 5.12. The van der Waals surface area contributed by atoms with Crippen molar-refractivity contribution in [3.63, 3.8) is 0 Å². The predicted molar refractivity (Wildman–Crippen MR) is 111 cm³/mol. The number of benzene rings is 2. The van der Waals surface area contributed by atoms with Crippen LogP contribution in [0.4, 0.5) is 0 Å². The van der Waals surface area contributed by atoms with Crippen molar-refractivity contribution in [1.29, 1.82) is 0 Å². The Morgan fingerprint density at radius 3 is 2.62 bits per heavy atom. The average Bonchev–Trinajstić information content (AvgIpc) is 3.28. The van der Waals surface area contributed by atoms with Crippen molar-refractivity contribution >= 4 is 17.5 Å². The molecule has 0 bridgehead atoms. The minimum absolute atomic E-state index is 0.0320. The molecule has 150 valence electrons. The second-order valence-electron chi connectivity index (χ2n) is 7.15. The molecule has 3 aromatic rings. The average molecular weight is 412 g/mol. The van der Waals surface area contributed by atoms with E-state index in [1.807, 2.05) is 61.0 Å². The summed E-state index contributed by atoms with van der Waals surface area (Å²) in [6.45, 7) is 4.65. The molecule has 29 heavy (non-hydrogen) atoms. The molecule has 0 N–H and O–H groups in total. The van der Waals surface area contributed by atoms with E-state index < -0.39 is 0 Å². The highest BCUT2D eigenvalue weighted by atomic mass is 35.5. The first kappa shape index (κ1) is 19.3. The molecular weight excluding hydrogens is 390 g/mol. The molecular formula is C22H22ClN3O3. The maximum atomic E-state index is 12.9. The van der Waals surface area contributed by atoms with Crippen LogP contribution in [0.1, 0.15) is 22.5 Å². The Labute approximate surface area is 174 Å². The number of aryl methyl sites for hydroxylation is 1. The van der Waals surface area contributed by atoms with Crippen molar-refractivity contribution in [3.8, 4) is 17.2 Å². The van der Waals surface area contributed by atoms with Crippen molar-refractivity contribution in [2.24, 2.45) is 0 Å². The van der Waals surface area contributed by atoms with E-state index in [2.05, 4.69) is 5.10 Å². The molecule has 1 aromatic heterocycles. The monoisotopic (exact) mass is 411 g/mol. The lowest BCUT2D eigenvalue weighted by molar-refractivity contribution is -0.129. The zero-order chi connectivity index (χ0) is 20.5. The summed E-state index contributed by atoms with van der Waals surface area (Å²) in [5.41, 5.74) is 4.66. The fraction of sp³-hybridized carbons (Fsp3) is 0.273. The molecule has 1 amide bonds. The molecule has 7 heteroatoms. The van der Waals surface area contributed by atoms with Gasteiger partial charge in [-0.2, -0.15) is 5.10 Å². The Balaban J connectivity index is 1.48. The van der Waals surface area contributed by atoms with Crippen LogP contribution in [0.15, 0.2) is 42.5 Å². The highest BCUT2D eigenvalue weighted by molar-refractivity contribution is 6.30. The largest absolute Gasteiger partial charge is 0.454 e. The van der Waals surface area contributed by atoms with Gasteiger partial charge in [0.2, 0.25) is 12.7 Å². The Kier molecular flexibility index (Phi) is 5.20. The van der Waals surface area contributed by atoms with E-state index in [1.54, 1.807) is 11.9 Å². The first-order valence-corrected chi connectivity index (χ1v) is 9.73. The number of hydrogen-bond donors (Lipinski definition) is 0. The Hall–Kier alpha value is -2.99. The van der Waals surface area contributed by atoms with E-state index in [0.29, 0.717) is 18.0 Å². The van der Waals surface area contributed by atoms with E-state index >= 15 is 0 Å². The van der Waals surface area contributed by atoms with E-state index in [-0.39, 0.29) is 12.7 Å². The lowest BCUT2D eigenvalue weighted by Crippen LogP contribution is -2.28. The number of carbonyl (C=O) groups excluding carboxylic acids is 1. The fourth-order valence-corrected chi connectivity index (χ4v) is 3.58. The fourth-order valence-electron chi connectivity index (χ4n) is 3.45. The molecule has 0 atom stereocenters. The molecule has 6 nitrogen and oxygen atoms in total. The predicted octanol–water partition coefficient (Wildman–Crippen LogP) is 4.07. The maximum absolute atomic E-state index is 12.9. The van der Waals surface area contributed by atoms with Gasteiger partial charge in [-0.1, -0.05) is 17.7 Å². The van der Waals surface area contributed by atoms with Crippen molar-refractivity contribution < 1.29 is 14.3 Å². The first-order chi connectivity index (χ1) is 13.9. The van der Waals surface area contributed by atoms with Gasteiger partial charge in [-0.15, -0.1) is 0 Å². The summed E-state index contributed by atoms with van der Waals surface area (Å²) in [6.07, 6.45) is 0.298. The van der Waals surface area contributed by atoms with Crippen molar-refractivity contribution in [1.82, 2.24) is 14.7 Å². The lowest BCUT2D eigenvalue weighted by atomic mass is 10.1. The SMILES string of the molecule is Cc1nn(-c2ccc(Cl)cc2)c(C)c1CC(=O)N(C)Cc1ccc2c(c1)OCO2.